The second kappa shape index (κ2) is 11.4. The number of allylic oxidation sites excluding steroid dienone is 2. The van der Waals surface area contributed by atoms with Crippen molar-refractivity contribution >= 4 is 23.3 Å². The molecule has 4 nitrogen and oxygen atoms in total. The average Bonchev–Trinajstić information content (AvgIpc) is 3.36. The van der Waals surface area contributed by atoms with Crippen molar-refractivity contribution < 1.29 is 9.53 Å². The fourth-order valence-electron chi connectivity index (χ4n) is 3.72. The molecule has 1 aliphatic carbocycles. The molecule has 1 amide bonds. The lowest BCUT2D eigenvalue weighted by Crippen LogP contribution is -2.28. The first-order chi connectivity index (χ1) is 15.8. The van der Waals surface area contributed by atoms with Crippen molar-refractivity contribution in [3.63, 3.8) is 0 Å². The fraction of sp³-hybridized carbons (Fsp3) is 0.259. The van der Waals surface area contributed by atoms with E-state index in [1.54, 1.807) is 23.6 Å². The SMILES string of the molecule is O=C(/C=C/c1cccs1)N(Cc1cccc(OCC2CC=CCC2)c1)Cc1ccccn1. The van der Waals surface area contributed by atoms with Gasteiger partial charge in [0.05, 0.1) is 18.8 Å². The maximum Gasteiger partial charge on any atom is 0.247 e. The van der Waals surface area contributed by atoms with Crippen molar-refractivity contribution in [3.8, 4) is 5.75 Å². The Hall–Kier alpha value is -3.18. The molecule has 0 spiro atoms. The average molecular weight is 445 g/mol. The minimum atomic E-state index is -0.0376. The molecule has 32 heavy (non-hydrogen) atoms. The van der Waals surface area contributed by atoms with Crippen LogP contribution >= 0.6 is 11.3 Å². The summed E-state index contributed by atoms with van der Waals surface area (Å²) < 4.78 is 6.08. The van der Waals surface area contributed by atoms with E-state index in [1.165, 1.54) is 6.42 Å². The van der Waals surface area contributed by atoms with Gasteiger partial charge >= 0.3 is 0 Å². The maximum absolute atomic E-state index is 13.0. The molecule has 1 unspecified atom stereocenters. The molecule has 0 radical (unpaired) electrons. The molecule has 0 bridgehead atoms. The molecule has 0 saturated heterocycles. The van der Waals surface area contributed by atoms with Crippen LogP contribution in [-0.2, 0) is 17.9 Å². The van der Waals surface area contributed by atoms with Crippen LogP contribution in [0.4, 0.5) is 0 Å². The number of thiophene rings is 1. The fourth-order valence-corrected chi connectivity index (χ4v) is 4.34. The predicted molar refractivity (Wildman–Crippen MR) is 130 cm³/mol. The second-order valence-corrected chi connectivity index (χ2v) is 8.95. The van der Waals surface area contributed by atoms with Crippen molar-refractivity contribution in [2.75, 3.05) is 6.61 Å². The molecule has 164 valence electrons. The zero-order chi connectivity index (χ0) is 22.0. The zero-order valence-electron chi connectivity index (χ0n) is 18.1. The molecule has 5 heteroatoms. The lowest BCUT2D eigenvalue weighted by molar-refractivity contribution is -0.127. The summed E-state index contributed by atoms with van der Waals surface area (Å²) in [5.41, 5.74) is 1.91. The number of amides is 1. The van der Waals surface area contributed by atoms with Crippen LogP contribution in [0.25, 0.3) is 6.08 Å². The molecule has 0 fully saturated rings. The molecular weight excluding hydrogens is 416 g/mol. The molecule has 0 aliphatic heterocycles. The van der Waals surface area contributed by atoms with Gasteiger partial charge in [-0.05, 0) is 72.5 Å². The minimum Gasteiger partial charge on any atom is -0.493 e. The Labute approximate surface area is 193 Å². The van der Waals surface area contributed by atoms with Crippen molar-refractivity contribution in [3.05, 3.63) is 101 Å². The quantitative estimate of drug-likeness (QED) is 0.295. The number of nitrogens with zero attached hydrogens (tertiary/aromatic N) is 2. The van der Waals surface area contributed by atoms with Gasteiger partial charge < -0.3 is 9.64 Å². The molecule has 3 aromatic rings. The summed E-state index contributed by atoms with van der Waals surface area (Å²) in [6, 6.07) is 17.8. The third kappa shape index (κ3) is 6.66. The van der Waals surface area contributed by atoms with Gasteiger partial charge in [0.1, 0.15) is 5.75 Å². The van der Waals surface area contributed by atoms with E-state index in [4.69, 9.17) is 4.74 Å². The Kier molecular flexibility index (Phi) is 7.88. The third-order valence-electron chi connectivity index (χ3n) is 5.46. The number of carbonyl (C=O) groups excluding carboxylic acids is 1. The van der Waals surface area contributed by atoms with Crippen molar-refractivity contribution in [1.29, 1.82) is 0 Å². The number of aromatic nitrogens is 1. The highest BCUT2D eigenvalue weighted by Gasteiger charge is 2.14. The Morgan fingerprint density at radius 3 is 2.88 bits per heavy atom. The lowest BCUT2D eigenvalue weighted by Gasteiger charge is -2.22. The molecule has 1 atom stereocenters. The third-order valence-corrected chi connectivity index (χ3v) is 6.30. The van der Waals surface area contributed by atoms with E-state index < -0.39 is 0 Å². The number of ether oxygens (including phenoxy) is 1. The summed E-state index contributed by atoms with van der Waals surface area (Å²) in [7, 11) is 0. The molecule has 4 rings (SSSR count). The standard InChI is InChI=1S/C27H28N2O2S/c30-27(15-14-26-13-7-17-32-26)29(20-24-11-4-5-16-28-24)19-23-10-6-12-25(18-23)31-21-22-8-2-1-3-9-22/h1-2,4-7,10-18,22H,3,8-9,19-21H2/b15-14+. The van der Waals surface area contributed by atoms with Crippen molar-refractivity contribution in [2.45, 2.75) is 32.4 Å². The topological polar surface area (TPSA) is 42.4 Å². The van der Waals surface area contributed by atoms with E-state index in [0.717, 1.165) is 41.3 Å². The van der Waals surface area contributed by atoms with Crippen LogP contribution in [0.2, 0.25) is 0 Å². The first-order valence-electron chi connectivity index (χ1n) is 11.0. The molecule has 2 heterocycles. The molecule has 1 aromatic carbocycles. The van der Waals surface area contributed by atoms with Crippen molar-refractivity contribution in [1.82, 2.24) is 9.88 Å². The van der Waals surface area contributed by atoms with Gasteiger partial charge in [-0.3, -0.25) is 9.78 Å². The van der Waals surface area contributed by atoms with E-state index >= 15 is 0 Å². The van der Waals surface area contributed by atoms with Gasteiger partial charge in [-0.2, -0.15) is 0 Å². The van der Waals surface area contributed by atoms with Crippen LogP contribution in [0.3, 0.4) is 0 Å². The first-order valence-corrected chi connectivity index (χ1v) is 11.9. The van der Waals surface area contributed by atoms with Gasteiger partial charge in [0.15, 0.2) is 0 Å². The van der Waals surface area contributed by atoms with E-state index in [0.29, 0.717) is 19.0 Å². The van der Waals surface area contributed by atoms with Crippen LogP contribution < -0.4 is 4.74 Å². The van der Waals surface area contributed by atoms with Crippen LogP contribution in [-0.4, -0.2) is 22.4 Å². The van der Waals surface area contributed by atoms with Crippen molar-refractivity contribution in [2.24, 2.45) is 5.92 Å². The first kappa shape index (κ1) is 22.0. The smallest absolute Gasteiger partial charge is 0.247 e. The van der Waals surface area contributed by atoms with Crippen LogP contribution in [0, 0.1) is 5.92 Å². The predicted octanol–water partition coefficient (Wildman–Crippen LogP) is 6.12. The number of pyridine rings is 1. The highest BCUT2D eigenvalue weighted by atomic mass is 32.1. The number of carbonyl (C=O) groups is 1. The van der Waals surface area contributed by atoms with Crippen LogP contribution in [0.15, 0.2) is 84.4 Å². The lowest BCUT2D eigenvalue weighted by atomic mass is 9.95. The van der Waals surface area contributed by atoms with E-state index in [2.05, 4.69) is 17.1 Å². The minimum absolute atomic E-state index is 0.0376. The van der Waals surface area contributed by atoms with Gasteiger partial charge in [0.2, 0.25) is 5.91 Å². The summed E-state index contributed by atoms with van der Waals surface area (Å²) in [6.45, 7) is 1.68. The number of rotatable bonds is 9. The highest BCUT2D eigenvalue weighted by Crippen LogP contribution is 2.22. The van der Waals surface area contributed by atoms with E-state index in [-0.39, 0.29) is 5.91 Å². The Bertz CT molecular complexity index is 1040. The highest BCUT2D eigenvalue weighted by molar-refractivity contribution is 7.10. The van der Waals surface area contributed by atoms with Gasteiger partial charge in [-0.15, -0.1) is 11.3 Å². The van der Waals surface area contributed by atoms with Crippen LogP contribution in [0.1, 0.15) is 35.4 Å². The number of hydrogen-bond acceptors (Lipinski definition) is 4. The normalized spacial score (nSPS) is 15.7. The van der Waals surface area contributed by atoms with Gasteiger partial charge in [-0.25, -0.2) is 0 Å². The Morgan fingerprint density at radius 1 is 1.12 bits per heavy atom. The summed E-state index contributed by atoms with van der Waals surface area (Å²) >= 11 is 1.61. The number of benzene rings is 1. The molecular formula is C27H28N2O2S. The second-order valence-electron chi connectivity index (χ2n) is 7.97. The van der Waals surface area contributed by atoms with Gasteiger partial charge in [0, 0.05) is 23.7 Å². The zero-order valence-corrected chi connectivity index (χ0v) is 18.9. The maximum atomic E-state index is 13.0. The largest absolute Gasteiger partial charge is 0.493 e. The molecule has 1 aliphatic rings. The summed E-state index contributed by atoms with van der Waals surface area (Å²) in [5.74, 6) is 1.40. The Morgan fingerprint density at radius 2 is 2.09 bits per heavy atom. The van der Waals surface area contributed by atoms with Gasteiger partial charge in [0.25, 0.3) is 0 Å². The Balaban J connectivity index is 1.44. The number of hydrogen-bond donors (Lipinski definition) is 0. The summed E-state index contributed by atoms with van der Waals surface area (Å²) in [4.78, 5) is 20.3. The van der Waals surface area contributed by atoms with Crippen LogP contribution in [0.5, 0.6) is 5.75 Å². The van der Waals surface area contributed by atoms with Gasteiger partial charge in [-0.1, -0.05) is 36.4 Å². The monoisotopic (exact) mass is 444 g/mol. The summed E-state index contributed by atoms with van der Waals surface area (Å²) in [6.07, 6.45) is 13.2. The molecule has 0 N–H and O–H groups in total. The molecule has 0 saturated carbocycles. The van der Waals surface area contributed by atoms with E-state index in [1.807, 2.05) is 71.0 Å². The summed E-state index contributed by atoms with van der Waals surface area (Å²) in [5, 5.41) is 2.00. The van der Waals surface area contributed by atoms with E-state index in [9.17, 15) is 4.79 Å². The molecule has 2 aromatic heterocycles.